The van der Waals surface area contributed by atoms with Gasteiger partial charge in [-0.05, 0) is 19.3 Å². The van der Waals surface area contributed by atoms with Gasteiger partial charge >= 0.3 is 5.97 Å². The molecule has 4 nitrogen and oxygen atoms in total. The van der Waals surface area contributed by atoms with Crippen LogP contribution in [-0.4, -0.2) is 23.5 Å². The highest BCUT2D eigenvalue weighted by molar-refractivity contribution is 6.65. The van der Waals surface area contributed by atoms with Gasteiger partial charge in [-0.1, -0.05) is 23.2 Å². The van der Waals surface area contributed by atoms with E-state index in [1.807, 2.05) is 0 Å². The molecule has 0 unspecified atom stereocenters. The number of methoxy groups -OCH3 is 1. The van der Waals surface area contributed by atoms with Crippen LogP contribution in [0.5, 0.6) is 0 Å². The van der Waals surface area contributed by atoms with Gasteiger partial charge in [0, 0.05) is 5.92 Å². The maximum atomic E-state index is 11.3. The fourth-order valence-electron chi connectivity index (χ4n) is 1.87. The Morgan fingerprint density at radius 2 is 2.14 bits per heavy atom. The van der Waals surface area contributed by atoms with Gasteiger partial charge in [0.1, 0.15) is 5.17 Å². The minimum Gasteiger partial charge on any atom is -0.469 e. The minimum absolute atomic E-state index is 0.000448. The Bertz CT molecular complexity index is 242. The average molecular weight is 220 g/mol. The normalized spacial score (nSPS) is 28.6. The van der Waals surface area contributed by atoms with Crippen molar-refractivity contribution in [1.82, 2.24) is 0 Å². The molecule has 0 amide bonds. The lowest BCUT2D eigenvalue weighted by Gasteiger charge is -2.25. The third kappa shape index (κ3) is 2.61. The Kier molecular flexibility index (Phi) is 4.20. The first-order chi connectivity index (χ1) is 6.69. The number of halogens is 1. The van der Waals surface area contributed by atoms with Crippen LogP contribution in [0.2, 0.25) is 0 Å². The van der Waals surface area contributed by atoms with Gasteiger partial charge in [-0.2, -0.15) is 0 Å². The summed E-state index contributed by atoms with van der Waals surface area (Å²) >= 11 is 5.71. The first kappa shape index (κ1) is 11.3. The highest BCUT2D eigenvalue weighted by Crippen LogP contribution is 2.31. The number of ether oxygens (including phenoxy) is 1. The molecule has 2 atom stereocenters. The van der Waals surface area contributed by atoms with Crippen molar-refractivity contribution >= 4 is 22.7 Å². The number of carbonyl (C=O) groups is 1. The van der Waals surface area contributed by atoms with Gasteiger partial charge in [0.15, 0.2) is 0 Å². The third-order valence-electron chi connectivity index (χ3n) is 2.64. The van der Waals surface area contributed by atoms with E-state index in [-0.39, 0.29) is 23.0 Å². The van der Waals surface area contributed by atoms with Crippen LogP contribution in [0.1, 0.15) is 25.7 Å². The van der Waals surface area contributed by atoms with E-state index in [9.17, 15) is 4.79 Å². The highest BCUT2D eigenvalue weighted by Gasteiger charge is 2.30. The van der Waals surface area contributed by atoms with E-state index >= 15 is 0 Å². The fourth-order valence-corrected chi connectivity index (χ4v) is 2.07. The molecular formula is C9H14ClNO3. The number of hydrogen-bond acceptors (Lipinski definition) is 4. The van der Waals surface area contributed by atoms with Gasteiger partial charge in [-0.15, -0.1) is 0 Å². The molecule has 14 heavy (non-hydrogen) atoms. The van der Waals surface area contributed by atoms with Crippen molar-refractivity contribution in [2.24, 2.45) is 17.0 Å². The summed E-state index contributed by atoms with van der Waals surface area (Å²) in [4.78, 5) is 11.3. The molecule has 0 aromatic heterocycles. The van der Waals surface area contributed by atoms with Crippen molar-refractivity contribution in [3.63, 3.8) is 0 Å². The molecule has 0 saturated heterocycles. The SMILES string of the molecule is COC(=O)[C@@H]1CCC[C@H](/C(Cl)=N/O)C1. The number of oxime groups is 1. The number of nitrogens with zero attached hydrogens (tertiary/aromatic N) is 1. The Hall–Kier alpha value is -0.770. The Labute approximate surface area is 87.9 Å². The zero-order valence-corrected chi connectivity index (χ0v) is 8.83. The zero-order chi connectivity index (χ0) is 10.6. The molecule has 0 bridgehead atoms. The van der Waals surface area contributed by atoms with Gasteiger partial charge in [-0.25, -0.2) is 0 Å². The molecule has 1 fully saturated rings. The van der Waals surface area contributed by atoms with E-state index in [0.29, 0.717) is 6.42 Å². The first-order valence-electron chi connectivity index (χ1n) is 4.64. The molecule has 0 spiro atoms. The Morgan fingerprint density at radius 1 is 1.50 bits per heavy atom. The molecule has 0 aromatic rings. The van der Waals surface area contributed by atoms with E-state index in [1.165, 1.54) is 7.11 Å². The van der Waals surface area contributed by atoms with Crippen LogP contribution >= 0.6 is 11.6 Å². The molecule has 1 rings (SSSR count). The molecular weight excluding hydrogens is 206 g/mol. The maximum Gasteiger partial charge on any atom is 0.308 e. The van der Waals surface area contributed by atoms with E-state index in [2.05, 4.69) is 9.89 Å². The summed E-state index contributed by atoms with van der Waals surface area (Å²) in [6, 6.07) is 0. The maximum absolute atomic E-state index is 11.3. The van der Waals surface area contributed by atoms with Crippen LogP contribution in [0, 0.1) is 11.8 Å². The largest absolute Gasteiger partial charge is 0.469 e. The second-order valence-corrected chi connectivity index (χ2v) is 3.89. The van der Waals surface area contributed by atoms with Crippen LogP contribution in [-0.2, 0) is 9.53 Å². The lowest BCUT2D eigenvalue weighted by Crippen LogP contribution is -2.26. The van der Waals surface area contributed by atoms with Crippen LogP contribution < -0.4 is 0 Å². The summed E-state index contributed by atoms with van der Waals surface area (Å²) in [7, 11) is 1.38. The molecule has 1 aliphatic rings. The van der Waals surface area contributed by atoms with Gasteiger partial charge in [-0.3, -0.25) is 4.79 Å². The summed E-state index contributed by atoms with van der Waals surface area (Å²) in [6.07, 6.45) is 3.24. The first-order valence-corrected chi connectivity index (χ1v) is 5.02. The molecule has 80 valence electrons. The Balaban J connectivity index is 2.56. The minimum atomic E-state index is -0.197. The highest BCUT2D eigenvalue weighted by atomic mass is 35.5. The number of esters is 1. The monoisotopic (exact) mass is 219 g/mol. The van der Waals surface area contributed by atoms with Crippen molar-refractivity contribution in [2.45, 2.75) is 25.7 Å². The molecule has 1 aliphatic carbocycles. The lowest BCUT2D eigenvalue weighted by molar-refractivity contribution is -0.146. The predicted molar refractivity (Wildman–Crippen MR) is 52.5 cm³/mol. The van der Waals surface area contributed by atoms with E-state index in [1.54, 1.807) is 0 Å². The van der Waals surface area contributed by atoms with Crippen molar-refractivity contribution in [1.29, 1.82) is 0 Å². The number of carbonyl (C=O) groups excluding carboxylic acids is 1. The lowest BCUT2D eigenvalue weighted by atomic mass is 9.82. The van der Waals surface area contributed by atoms with Crippen molar-refractivity contribution in [3.8, 4) is 0 Å². The van der Waals surface area contributed by atoms with Gasteiger partial charge in [0.05, 0.1) is 13.0 Å². The number of hydrogen-bond donors (Lipinski definition) is 1. The second kappa shape index (κ2) is 5.20. The van der Waals surface area contributed by atoms with Crippen LogP contribution in [0.15, 0.2) is 5.16 Å². The van der Waals surface area contributed by atoms with E-state index in [4.69, 9.17) is 16.8 Å². The summed E-state index contributed by atoms with van der Waals surface area (Å²) in [6.45, 7) is 0. The van der Waals surface area contributed by atoms with Crippen LogP contribution in [0.25, 0.3) is 0 Å². The quantitative estimate of drug-likeness (QED) is 0.334. The smallest absolute Gasteiger partial charge is 0.308 e. The summed E-state index contributed by atoms with van der Waals surface area (Å²) in [5.41, 5.74) is 0. The molecule has 0 aliphatic heterocycles. The number of rotatable bonds is 2. The third-order valence-corrected chi connectivity index (χ3v) is 3.03. The van der Waals surface area contributed by atoms with Crippen LogP contribution in [0.3, 0.4) is 0 Å². The molecule has 0 aromatic carbocycles. The zero-order valence-electron chi connectivity index (χ0n) is 8.07. The van der Waals surface area contributed by atoms with Crippen molar-refractivity contribution < 1.29 is 14.7 Å². The standard InChI is InChI=1S/C9H14ClNO3/c1-14-9(12)7-4-2-3-6(5-7)8(10)11-13/h6-7,13H,2-5H2,1H3/b11-8-/t6-,7+/m0/s1. The topological polar surface area (TPSA) is 58.9 Å². The summed E-state index contributed by atoms with van der Waals surface area (Å²) in [5, 5.41) is 11.7. The fraction of sp³-hybridized carbons (Fsp3) is 0.778. The van der Waals surface area contributed by atoms with Crippen molar-refractivity contribution in [3.05, 3.63) is 0 Å². The van der Waals surface area contributed by atoms with E-state index < -0.39 is 0 Å². The predicted octanol–water partition coefficient (Wildman–Crippen LogP) is 1.99. The molecule has 5 heteroatoms. The van der Waals surface area contributed by atoms with Gasteiger partial charge in [0.25, 0.3) is 0 Å². The molecule has 0 radical (unpaired) electrons. The molecule has 1 N–H and O–H groups in total. The van der Waals surface area contributed by atoms with E-state index in [0.717, 1.165) is 19.3 Å². The second-order valence-electron chi connectivity index (χ2n) is 3.51. The molecule has 0 heterocycles. The Morgan fingerprint density at radius 3 is 2.71 bits per heavy atom. The van der Waals surface area contributed by atoms with Gasteiger partial charge < -0.3 is 9.94 Å². The molecule has 1 saturated carbocycles. The van der Waals surface area contributed by atoms with Crippen LogP contribution in [0.4, 0.5) is 0 Å². The van der Waals surface area contributed by atoms with Gasteiger partial charge in [0.2, 0.25) is 0 Å². The van der Waals surface area contributed by atoms with Crippen molar-refractivity contribution in [2.75, 3.05) is 7.11 Å². The summed E-state index contributed by atoms with van der Waals surface area (Å²) < 4.78 is 4.67. The summed E-state index contributed by atoms with van der Waals surface area (Å²) in [5.74, 6) is -0.300. The average Bonchev–Trinajstić information content (AvgIpc) is 2.27.